The molecule has 1 heterocycles. The van der Waals surface area contributed by atoms with Gasteiger partial charge in [0.2, 0.25) is 5.91 Å². The number of carboxylic acid groups (broad SMARTS) is 1. The maximum atomic E-state index is 13.8. The Morgan fingerprint density at radius 2 is 1.83 bits per heavy atom. The van der Waals surface area contributed by atoms with Crippen molar-refractivity contribution < 1.29 is 24.5 Å². The highest BCUT2D eigenvalue weighted by Crippen LogP contribution is 2.47. The third-order valence-electron chi connectivity index (χ3n) is 6.36. The molecule has 4 atom stereocenters. The fourth-order valence-corrected chi connectivity index (χ4v) is 5.14. The summed E-state index contributed by atoms with van der Waals surface area (Å²) in [6.45, 7) is 5.63. The molecule has 2 N–H and O–H groups in total. The highest BCUT2D eigenvalue weighted by atomic mass is 35.5. The van der Waals surface area contributed by atoms with Crippen molar-refractivity contribution in [2.75, 3.05) is 13.2 Å². The molecule has 8 heteroatoms. The Hall–Kier alpha value is -2.12. The summed E-state index contributed by atoms with van der Waals surface area (Å²) in [5, 5.41) is 20.8. The second kappa shape index (κ2) is 11.7. The third kappa shape index (κ3) is 7.20. The van der Waals surface area contributed by atoms with Gasteiger partial charge in [0.25, 0.3) is 0 Å². The molecule has 0 radical (unpaired) electrons. The van der Waals surface area contributed by atoms with E-state index in [1.807, 2.05) is 37.3 Å². The summed E-state index contributed by atoms with van der Waals surface area (Å²) in [7, 11) is 0. The number of hydrogen-bond acceptors (Lipinski definition) is 4. The normalized spacial score (nSPS) is 21.7. The van der Waals surface area contributed by atoms with Crippen molar-refractivity contribution in [1.82, 2.24) is 4.90 Å². The molecule has 2 unspecified atom stereocenters. The van der Waals surface area contributed by atoms with E-state index in [1.54, 1.807) is 36.9 Å². The molecule has 1 aliphatic heterocycles. The summed E-state index contributed by atoms with van der Waals surface area (Å²) in [4.78, 5) is 27.3. The van der Waals surface area contributed by atoms with E-state index in [0.29, 0.717) is 22.9 Å². The molecular formula is C27H33Cl2NO5. The Morgan fingerprint density at radius 1 is 1.14 bits per heavy atom. The predicted molar refractivity (Wildman–Crippen MR) is 137 cm³/mol. The summed E-state index contributed by atoms with van der Waals surface area (Å²) >= 11 is 12.5. The average Bonchev–Trinajstić information content (AvgIpc) is 2.78. The molecular weight excluding hydrogens is 489 g/mol. The molecule has 35 heavy (non-hydrogen) atoms. The number of nitrogens with zero attached hydrogens (tertiary/aromatic N) is 1. The number of halogens is 2. The van der Waals surface area contributed by atoms with E-state index in [-0.39, 0.29) is 43.5 Å². The first-order valence-electron chi connectivity index (χ1n) is 11.8. The lowest BCUT2D eigenvalue weighted by atomic mass is 9.74. The first-order valence-corrected chi connectivity index (χ1v) is 12.6. The molecule has 1 amide bonds. The number of benzene rings is 2. The first-order chi connectivity index (χ1) is 16.5. The van der Waals surface area contributed by atoms with Gasteiger partial charge in [0, 0.05) is 21.9 Å². The molecule has 1 aliphatic rings. The van der Waals surface area contributed by atoms with Gasteiger partial charge in [0.1, 0.15) is 0 Å². The van der Waals surface area contributed by atoms with Crippen LogP contribution in [0.5, 0.6) is 0 Å². The van der Waals surface area contributed by atoms with Crippen LogP contribution in [0.2, 0.25) is 10.0 Å². The van der Waals surface area contributed by atoms with Gasteiger partial charge < -0.3 is 19.8 Å². The molecule has 190 valence electrons. The lowest BCUT2D eigenvalue weighted by molar-refractivity contribution is -0.154. The number of carbonyl (C=O) groups excluding carboxylic acids is 1. The monoisotopic (exact) mass is 521 g/mol. The van der Waals surface area contributed by atoms with Crippen LogP contribution in [0, 0.1) is 5.92 Å². The van der Waals surface area contributed by atoms with Gasteiger partial charge in [-0.2, -0.15) is 0 Å². The van der Waals surface area contributed by atoms with Crippen molar-refractivity contribution in [2.24, 2.45) is 5.92 Å². The lowest BCUT2D eigenvalue weighted by Crippen LogP contribution is -2.53. The topological polar surface area (TPSA) is 87.1 Å². The Labute approximate surface area is 216 Å². The third-order valence-corrected chi connectivity index (χ3v) is 6.85. The number of aliphatic hydroxyl groups is 1. The van der Waals surface area contributed by atoms with Crippen LogP contribution in [0.15, 0.2) is 48.5 Å². The van der Waals surface area contributed by atoms with Crippen LogP contribution in [0.25, 0.3) is 0 Å². The first kappa shape index (κ1) is 27.5. The maximum Gasteiger partial charge on any atom is 0.304 e. The number of aliphatic carboxylic acids is 1. The summed E-state index contributed by atoms with van der Waals surface area (Å²) in [6.07, 6.45) is 0.737. The smallest absolute Gasteiger partial charge is 0.304 e. The summed E-state index contributed by atoms with van der Waals surface area (Å²) in [5.41, 5.74) is 0.842. The Bertz CT molecular complexity index is 1020. The van der Waals surface area contributed by atoms with Crippen molar-refractivity contribution in [3.05, 3.63) is 69.7 Å². The number of carboxylic acids is 1. The largest absolute Gasteiger partial charge is 0.481 e. The number of piperidine rings is 1. The van der Waals surface area contributed by atoms with Gasteiger partial charge in [-0.1, -0.05) is 54.4 Å². The summed E-state index contributed by atoms with van der Waals surface area (Å²) in [6, 6.07) is 14.2. The molecule has 1 fully saturated rings. The van der Waals surface area contributed by atoms with Gasteiger partial charge in [0.15, 0.2) is 0 Å². The maximum absolute atomic E-state index is 13.8. The molecule has 2 aromatic carbocycles. The zero-order chi connectivity index (χ0) is 25.8. The quantitative estimate of drug-likeness (QED) is 0.418. The Balaban J connectivity index is 2.09. The molecule has 0 aliphatic carbocycles. The van der Waals surface area contributed by atoms with E-state index in [1.165, 1.54) is 0 Å². The standard InChI is InChI=1S/C27H33Cl2NO5/c1-4-22(15-35-16-27(2,3)34)30-25(17-8-10-20(28)11-9-17)23(18-6-5-7-21(29)12-18)13-19(26(30)33)14-24(31)32/h5-12,19,22-23,25,34H,4,13-16H2,1-3H3,(H,31,32)/t19-,22?,23+,25?/m0/s1. The van der Waals surface area contributed by atoms with Crippen LogP contribution in [0.3, 0.4) is 0 Å². The van der Waals surface area contributed by atoms with E-state index in [4.69, 9.17) is 27.9 Å². The molecule has 2 aromatic rings. The van der Waals surface area contributed by atoms with Crippen LogP contribution in [-0.4, -0.2) is 51.8 Å². The van der Waals surface area contributed by atoms with Crippen LogP contribution >= 0.6 is 23.2 Å². The highest BCUT2D eigenvalue weighted by Gasteiger charge is 2.46. The zero-order valence-electron chi connectivity index (χ0n) is 20.3. The number of carbonyl (C=O) groups is 2. The van der Waals surface area contributed by atoms with Crippen LogP contribution in [0.4, 0.5) is 0 Å². The Kier molecular flexibility index (Phi) is 9.22. The number of ether oxygens (including phenoxy) is 1. The van der Waals surface area contributed by atoms with Gasteiger partial charge in [0.05, 0.1) is 37.3 Å². The van der Waals surface area contributed by atoms with Gasteiger partial charge in [-0.15, -0.1) is 0 Å². The molecule has 0 aromatic heterocycles. The lowest BCUT2D eigenvalue weighted by Gasteiger charge is -2.48. The van der Waals surface area contributed by atoms with E-state index in [2.05, 4.69) is 0 Å². The number of rotatable bonds is 10. The summed E-state index contributed by atoms with van der Waals surface area (Å²) in [5.74, 6) is -2.07. The molecule has 0 spiro atoms. The van der Waals surface area contributed by atoms with Crippen molar-refractivity contribution in [1.29, 1.82) is 0 Å². The predicted octanol–water partition coefficient (Wildman–Crippen LogP) is 5.71. The molecule has 1 saturated heterocycles. The van der Waals surface area contributed by atoms with Crippen LogP contribution in [-0.2, 0) is 14.3 Å². The van der Waals surface area contributed by atoms with Crippen molar-refractivity contribution in [3.8, 4) is 0 Å². The second-order valence-corrected chi connectivity index (χ2v) is 10.7. The SMILES string of the molecule is CCC(COCC(C)(C)O)N1C(=O)[C@H](CC(=O)O)C[C@H](c2cccc(Cl)c2)C1c1ccc(Cl)cc1. The number of likely N-dealkylation sites (tertiary alicyclic amines) is 1. The molecule has 0 bridgehead atoms. The molecule has 6 nitrogen and oxygen atoms in total. The van der Waals surface area contributed by atoms with Gasteiger partial charge >= 0.3 is 5.97 Å². The second-order valence-electron chi connectivity index (χ2n) is 9.82. The van der Waals surface area contributed by atoms with Crippen LogP contribution < -0.4 is 0 Å². The van der Waals surface area contributed by atoms with Crippen molar-refractivity contribution in [3.63, 3.8) is 0 Å². The fourth-order valence-electron chi connectivity index (χ4n) is 4.81. The van der Waals surface area contributed by atoms with E-state index >= 15 is 0 Å². The van der Waals surface area contributed by atoms with E-state index < -0.39 is 17.5 Å². The minimum atomic E-state index is -1.01. The average molecular weight is 522 g/mol. The zero-order valence-corrected chi connectivity index (χ0v) is 21.8. The van der Waals surface area contributed by atoms with Gasteiger partial charge in [-0.3, -0.25) is 9.59 Å². The molecule has 3 rings (SSSR count). The number of amides is 1. The minimum absolute atomic E-state index is 0.118. The van der Waals surface area contributed by atoms with Crippen molar-refractivity contribution >= 4 is 35.1 Å². The highest BCUT2D eigenvalue weighted by molar-refractivity contribution is 6.30. The number of hydrogen-bond donors (Lipinski definition) is 2. The van der Waals surface area contributed by atoms with Crippen molar-refractivity contribution in [2.45, 2.75) is 63.6 Å². The van der Waals surface area contributed by atoms with E-state index in [9.17, 15) is 19.8 Å². The van der Waals surface area contributed by atoms with Crippen LogP contribution in [0.1, 0.15) is 63.1 Å². The summed E-state index contributed by atoms with van der Waals surface area (Å²) < 4.78 is 5.83. The van der Waals surface area contributed by atoms with Gasteiger partial charge in [-0.25, -0.2) is 0 Å². The minimum Gasteiger partial charge on any atom is -0.481 e. The van der Waals surface area contributed by atoms with E-state index in [0.717, 1.165) is 11.1 Å². The van der Waals surface area contributed by atoms with Gasteiger partial charge in [-0.05, 0) is 62.1 Å². The fraction of sp³-hybridized carbons (Fsp3) is 0.481. The molecule has 0 saturated carbocycles. The Morgan fingerprint density at radius 3 is 2.40 bits per heavy atom.